The number of hydrogen-bond acceptors (Lipinski definition) is 5. The predicted molar refractivity (Wildman–Crippen MR) is 140 cm³/mol. The van der Waals surface area contributed by atoms with Gasteiger partial charge in [-0.15, -0.1) is 12.4 Å². The van der Waals surface area contributed by atoms with Gasteiger partial charge < -0.3 is 19.2 Å². The average molecular weight is 481 g/mol. The van der Waals surface area contributed by atoms with Crippen LogP contribution in [0.15, 0.2) is 77.2 Å². The third-order valence-corrected chi connectivity index (χ3v) is 5.45. The molecule has 34 heavy (non-hydrogen) atoms. The molecule has 0 spiro atoms. The van der Waals surface area contributed by atoms with Crippen LogP contribution in [0.3, 0.4) is 0 Å². The van der Waals surface area contributed by atoms with Crippen molar-refractivity contribution in [1.82, 2.24) is 10.3 Å². The molecule has 1 aromatic heterocycles. The largest absolute Gasteiger partial charge is 0.436 e. The molecule has 0 radical (unpaired) electrons. The van der Waals surface area contributed by atoms with Gasteiger partial charge in [-0.25, -0.2) is 4.98 Å². The number of aryl methyl sites for hydroxylation is 2. The summed E-state index contributed by atoms with van der Waals surface area (Å²) in [6, 6.07) is 24.6. The fourth-order valence-electron chi connectivity index (χ4n) is 3.69. The van der Waals surface area contributed by atoms with Crippen molar-refractivity contribution in [3.8, 4) is 11.5 Å². The van der Waals surface area contributed by atoms with Gasteiger partial charge in [0.15, 0.2) is 5.58 Å². The number of nitrogens with one attached hydrogen (secondary N) is 1. The van der Waals surface area contributed by atoms with Gasteiger partial charge in [0, 0.05) is 25.3 Å². The molecule has 0 saturated heterocycles. The maximum Gasteiger partial charge on any atom is 0.227 e. The van der Waals surface area contributed by atoms with E-state index in [-0.39, 0.29) is 12.4 Å². The molecule has 0 amide bonds. The van der Waals surface area contributed by atoms with Gasteiger partial charge >= 0.3 is 0 Å². The standard InChI is InChI=1S/C28H32N2O3.ClH/c1-22-6-4-7-23(20-22)8-5-17-31-18-15-29-16-19-32-21-24-11-13-25(14-12-24)28-30-26-9-2-3-10-27(26)33-28;/h2-4,6-7,9-14,20,29H,5,8,15-19,21H2,1H3;1H. The molecule has 0 unspecified atom stereocenters. The van der Waals surface area contributed by atoms with E-state index < -0.39 is 0 Å². The summed E-state index contributed by atoms with van der Waals surface area (Å²) >= 11 is 0. The second-order valence-electron chi connectivity index (χ2n) is 8.19. The summed E-state index contributed by atoms with van der Waals surface area (Å²) in [6.07, 6.45) is 2.12. The van der Waals surface area contributed by atoms with Crippen LogP contribution in [0.1, 0.15) is 23.1 Å². The molecule has 5 nitrogen and oxygen atoms in total. The zero-order chi connectivity index (χ0) is 22.7. The van der Waals surface area contributed by atoms with Crippen LogP contribution in [0, 0.1) is 6.92 Å². The van der Waals surface area contributed by atoms with Crippen LogP contribution in [0.2, 0.25) is 0 Å². The number of halogens is 1. The Labute approximate surface area is 207 Å². The summed E-state index contributed by atoms with van der Waals surface area (Å²) in [7, 11) is 0. The lowest BCUT2D eigenvalue weighted by Gasteiger charge is -2.08. The van der Waals surface area contributed by atoms with E-state index in [2.05, 4.69) is 53.6 Å². The molecule has 4 rings (SSSR count). The highest BCUT2D eigenvalue weighted by Gasteiger charge is 2.07. The maximum absolute atomic E-state index is 5.82. The monoisotopic (exact) mass is 480 g/mol. The molecular formula is C28H33ClN2O3. The van der Waals surface area contributed by atoms with Crippen molar-refractivity contribution in [3.05, 3.63) is 89.5 Å². The van der Waals surface area contributed by atoms with Crippen LogP contribution in [0.4, 0.5) is 0 Å². The smallest absolute Gasteiger partial charge is 0.227 e. The van der Waals surface area contributed by atoms with Gasteiger partial charge in [-0.05, 0) is 55.2 Å². The fraction of sp³-hybridized carbons (Fsp3) is 0.321. The average Bonchev–Trinajstić information content (AvgIpc) is 3.27. The van der Waals surface area contributed by atoms with Crippen LogP contribution in [-0.4, -0.2) is 37.9 Å². The highest BCUT2D eigenvalue weighted by Crippen LogP contribution is 2.24. The van der Waals surface area contributed by atoms with Crippen molar-refractivity contribution < 1.29 is 13.9 Å². The van der Waals surface area contributed by atoms with E-state index in [1.165, 1.54) is 11.1 Å². The third kappa shape index (κ3) is 7.96. The van der Waals surface area contributed by atoms with E-state index in [4.69, 9.17) is 13.9 Å². The van der Waals surface area contributed by atoms with Crippen LogP contribution in [-0.2, 0) is 22.5 Å². The van der Waals surface area contributed by atoms with Gasteiger partial charge in [-0.2, -0.15) is 0 Å². The maximum atomic E-state index is 5.82. The SMILES string of the molecule is Cc1cccc(CCCOCCNCCOCc2ccc(-c3nc4ccccc4o3)cc2)c1.Cl. The Morgan fingerprint density at radius 1 is 0.824 bits per heavy atom. The topological polar surface area (TPSA) is 56.5 Å². The zero-order valence-electron chi connectivity index (χ0n) is 19.7. The van der Waals surface area contributed by atoms with Gasteiger partial charge in [0.25, 0.3) is 0 Å². The number of oxazole rings is 1. The molecule has 6 heteroatoms. The summed E-state index contributed by atoms with van der Waals surface area (Å²) in [5.74, 6) is 0.644. The third-order valence-electron chi connectivity index (χ3n) is 5.45. The lowest BCUT2D eigenvalue weighted by molar-refractivity contribution is 0.113. The first-order valence-electron chi connectivity index (χ1n) is 11.6. The summed E-state index contributed by atoms with van der Waals surface area (Å²) in [4.78, 5) is 4.54. The Bertz CT molecular complexity index is 1090. The number of benzene rings is 3. The van der Waals surface area contributed by atoms with E-state index in [1.54, 1.807) is 0 Å². The molecule has 0 bridgehead atoms. The molecule has 1 N–H and O–H groups in total. The number of aromatic nitrogens is 1. The summed E-state index contributed by atoms with van der Waals surface area (Å²) in [6.45, 7) is 6.56. The van der Waals surface area contributed by atoms with Crippen molar-refractivity contribution in [3.63, 3.8) is 0 Å². The van der Waals surface area contributed by atoms with Gasteiger partial charge in [-0.1, -0.05) is 54.1 Å². The van der Waals surface area contributed by atoms with Gasteiger partial charge in [-0.3, -0.25) is 0 Å². The zero-order valence-corrected chi connectivity index (χ0v) is 20.5. The molecule has 1 heterocycles. The molecule has 0 fully saturated rings. The van der Waals surface area contributed by atoms with E-state index >= 15 is 0 Å². The van der Waals surface area contributed by atoms with E-state index in [0.717, 1.165) is 61.4 Å². The second kappa shape index (κ2) is 13.9. The molecule has 0 atom stereocenters. The number of para-hydroxylation sites is 2. The molecule has 0 aliphatic rings. The highest BCUT2D eigenvalue weighted by atomic mass is 35.5. The molecule has 3 aromatic carbocycles. The molecule has 0 aliphatic heterocycles. The van der Waals surface area contributed by atoms with E-state index in [1.807, 2.05) is 36.4 Å². The molecule has 0 aliphatic carbocycles. The Kier molecular flexibility index (Phi) is 10.6. The second-order valence-corrected chi connectivity index (χ2v) is 8.19. The predicted octanol–water partition coefficient (Wildman–Crippen LogP) is 5.98. The Morgan fingerprint density at radius 2 is 1.62 bits per heavy atom. The van der Waals surface area contributed by atoms with E-state index in [9.17, 15) is 0 Å². The number of hydrogen-bond donors (Lipinski definition) is 1. The molecule has 180 valence electrons. The van der Waals surface area contributed by atoms with Crippen LogP contribution >= 0.6 is 12.4 Å². The van der Waals surface area contributed by atoms with Crippen LogP contribution in [0.5, 0.6) is 0 Å². The highest BCUT2D eigenvalue weighted by molar-refractivity contribution is 5.85. The van der Waals surface area contributed by atoms with Crippen LogP contribution in [0.25, 0.3) is 22.6 Å². The van der Waals surface area contributed by atoms with Crippen LogP contribution < -0.4 is 5.32 Å². The lowest BCUT2D eigenvalue weighted by atomic mass is 10.1. The Balaban J connectivity index is 0.00000324. The van der Waals surface area contributed by atoms with Crippen molar-refractivity contribution in [2.75, 3.05) is 32.9 Å². The number of rotatable bonds is 13. The van der Waals surface area contributed by atoms with Gasteiger partial charge in [0.1, 0.15) is 5.52 Å². The molecular weight excluding hydrogens is 448 g/mol. The summed E-state index contributed by atoms with van der Waals surface area (Å²) < 4.78 is 17.3. The molecule has 0 saturated carbocycles. The van der Waals surface area contributed by atoms with Gasteiger partial charge in [0.2, 0.25) is 5.89 Å². The minimum Gasteiger partial charge on any atom is -0.436 e. The summed E-state index contributed by atoms with van der Waals surface area (Å²) in [5, 5.41) is 3.36. The normalized spacial score (nSPS) is 11.0. The lowest BCUT2D eigenvalue weighted by Crippen LogP contribution is -2.24. The Morgan fingerprint density at radius 3 is 2.41 bits per heavy atom. The first-order chi connectivity index (χ1) is 16.3. The van der Waals surface area contributed by atoms with Crippen molar-refractivity contribution in [2.45, 2.75) is 26.4 Å². The van der Waals surface area contributed by atoms with E-state index in [0.29, 0.717) is 19.1 Å². The number of ether oxygens (including phenoxy) is 2. The minimum atomic E-state index is 0. The van der Waals surface area contributed by atoms with Crippen molar-refractivity contribution >= 4 is 23.5 Å². The minimum absolute atomic E-state index is 0. The first kappa shape index (κ1) is 25.9. The Hall–Kier alpha value is -2.70. The van der Waals surface area contributed by atoms with Gasteiger partial charge in [0.05, 0.1) is 19.8 Å². The number of nitrogens with zero attached hydrogens (tertiary/aromatic N) is 1. The van der Waals surface area contributed by atoms with Crippen molar-refractivity contribution in [2.24, 2.45) is 0 Å². The summed E-state index contributed by atoms with van der Waals surface area (Å²) in [5.41, 5.74) is 6.48. The number of fused-ring (bicyclic) bond motifs is 1. The fourth-order valence-corrected chi connectivity index (χ4v) is 3.69. The van der Waals surface area contributed by atoms with Crippen molar-refractivity contribution in [1.29, 1.82) is 0 Å². The quantitative estimate of drug-likeness (QED) is 0.238. The first-order valence-corrected chi connectivity index (χ1v) is 11.6. The molecule has 4 aromatic rings.